The molecule has 0 bridgehead atoms. The van der Waals surface area contributed by atoms with E-state index in [4.69, 9.17) is 6.42 Å². The maximum atomic E-state index is 11.4. The van der Waals surface area contributed by atoms with Gasteiger partial charge in [-0.3, -0.25) is 4.79 Å². The molecule has 0 unspecified atom stereocenters. The minimum absolute atomic E-state index is 0.0488. The lowest BCUT2D eigenvalue weighted by Gasteiger charge is -2.00. The summed E-state index contributed by atoms with van der Waals surface area (Å²) in [6, 6.07) is 1.75. The van der Waals surface area contributed by atoms with Gasteiger partial charge in [-0.05, 0) is 12.5 Å². The average Bonchev–Trinajstić information content (AvgIpc) is 2.59. The van der Waals surface area contributed by atoms with E-state index in [0.29, 0.717) is 17.8 Å². The third-order valence-corrected chi connectivity index (χ3v) is 2.95. The molecule has 4 heteroatoms. The van der Waals surface area contributed by atoms with Gasteiger partial charge in [0, 0.05) is 23.2 Å². The maximum absolute atomic E-state index is 11.4. The largest absolute Gasteiger partial charge is 0.351 e. The summed E-state index contributed by atoms with van der Waals surface area (Å²) in [5.41, 5.74) is 0. The molecule has 74 valence electrons. The Morgan fingerprint density at radius 2 is 2.50 bits per heavy atom. The molecule has 0 saturated heterocycles. The van der Waals surface area contributed by atoms with Crippen molar-refractivity contribution in [1.82, 2.24) is 5.32 Å². The number of carbonyl (C=O) groups excluding carboxylic acids is 1. The fraction of sp³-hybridized carbons (Fsp3) is 0.300. The zero-order chi connectivity index (χ0) is 10.4. The first kappa shape index (κ1) is 11.2. The van der Waals surface area contributed by atoms with E-state index in [-0.39, 0.29) is 5.91 Å². The van der Waals surface area contributed by atoms with Crippen molar-refractivity contribution in [2.24, 2.45) is 0 Å². The van der Waals surface area contributed by atoms with Crippen LogP contribution in [-0.4, -0.2) is 12.5 Å². The number of unbranched alkanes of at least 4 members (excludes halogenated alkanes) is 1. The van der Waals surface area contributed by atoms with Gasteiger partial charge in [-0.15, -0.1) is 36.3 Å². The Bertz CT molecular complexity index is 351. The second-order valence-corrected chi connectivity index (χ2v) is 4.16. The van der Waals surface area contributed by atoms with E-state index in [9.17, 15) is 4.79 Å². The highest BCUT2D eigenvalue weighted by Gasteiger charge is 2.06. The molecule has 0 aromatic carbocycles. The first-order valence-corrected chi connectivity index (χ1v) is 5.56. The molecule has 0 aliphatic rings. The Morgan fingerprint density at radius 1 is 1.71 bits per heavy atom. The molecule has 0 atom stereocenters. The highest BCUT2D eigenvalue weighted by atomic mass is 32.1. The normalized spacial score (nSPS) is 9.43. The summed E-state index contributed by atoms with van der Waals surface area (Å²) in [6.07, 6.45) is 6.61. The van der Waals surface area contributed by atoms with Crippen LogP contribution in [-0.2, 0) is 0 Å². The third kappa shape index (κ3) is 3.44. The number of nitrogens with one attached hydrogen (secondary N) is 1. The third-order valence-electron chi connectivity index (χ3n) is 1.59. The molecule has 0 fully saturated rings. The van der Waals surface area contributed by atoms with Crippen molar-refractivity contribution in [3.05, 3.63) is 16.3 Å². The van der Waals surface area contributed by atoms with Gasteiger partial charge in [0.2, 0.25) is 0 Å². The summed E-state index contributed by atoms with van der Waals surface area (Å²) in [4.78, 5) is 12.9. The molecule has 1 rings (SSSR count). The standard InChI is InChI=1S/C10H11NOS2/c1-2-3-4-5-11-10(12)9-6-8(13)7-14-9/h1,6-7,13H,3-5H2,(H,11,12). The maximum Gasteiger partial charge on any atom is 0.261 e. The topological polar surface area (TPSA) is 29.1 Å². The van der Waals surface area contributed by atoms with Crippen LogP contribution in [0.5, 0.6) is 0 Å². The number of amides is 1. The number of hydrogen-bond acceptors (Lipinski definition) is 3. The predicted molar refractivity (Wildman–Crippen MR) is 62.0 cm³/mol. The number of hydrogen-bond donors (Lipinski definition) is 2. The lowest BCUT2D eigenvalue weighted by atomic mass is 10.3. The van der Waals surface area contributed by atoms with Gasteiger partial charge >= 0.3 is 0 Å². The van der Waals surface area contributed by atoms with Crippen molar-refractivity contribution >= 4 is 29.9 Å². The van der Waals surface area contributed by atoms with Crippen LogP contribution < -0.4 is 5.32 Å². The van der Waals surface area contributed by atoms with Crippen LogP contribution in [0.4, 0.5) is 0 Å². The van der Waals surface area contributed by atoms with Gasteiger partial charge in [0.05, 0.1) is 4.88 Å². The molecular weight excluding hydrogens is 214 g/mol. The molecule has 1 amide bonds. The molecule has 0 aliphatic heterocycles. The van der Waals surface area contributed by atoms with Crippen molar-refractivity contribution in [3.8, 4) is 12.3 Å². The van der Waals surface area contributed by atoms with Crippen molar-refractivity contribution in [3.63, 3.8) is 0 Å². The zero-order valence-electron chi connectivity index (χ0n) is 7.62. The van der Waals surface area contributed by atoms with Crippen LogP contribution in [0.3, 0.4) is 0 Å². The summed E-state index contributed by atoms with van der Waals surface area (Å²) in [7, 11) is 0. The van der Waals surface area contributed by atoms with Gasteiger partial charge in [-0.1, -0.05) is 0 Å². The Morgan fingerprint density at radius 3 is 3.07 bits per heavy atom. The molecule has 1 aromatic heterocycles. The Balaban J connectivity index is 2.33. The minimum atomic E-state index is -0.0488. The molecule has 1 heterocycles. The van der Waals surface area contributed by atoms with E-state index in [1.165, 1.54) is 11.3 Å². The van der Waals surface area contributed by atoms with Gasteiger partial charge in [0.15, 0.2) is 0 Å². The smallest absolute Gasteiger partial charge is 0.261 e. The summed E-state index contributed by atoms with van der Waals surface area (Å²) in [5, 5.41) is 4.62. The van der Waals surface area contributed by atoms with Gasteiger partial charge in [0.1, 0.15) is 0 Å². The highest BCUT2D eigenvalue weighted by Crippen LogP contribution is 2.17. The van der Waals surface area contributed by atoms with Crippen molar-refractivity contribution in [2.45, 2.75) is 17.7 Å². The predicted octanol–water partition coefficient (Wildman–Crippen LogP) is 2.18. The fourth-order valence-electron chi connectivity index (χ4n) is 0.925. The average molecular weight is 225 g/mol. The first-order chi connectivity index (χ1) is 6.74. The molecule has 1 aromatic rings. The van der Waals surface area contributed by atoms with Crippen LogP contribution in [0.1, 0.15) is 22.5 Å². The summed E-state index contributed by atoms with van der Waals surface area (Å²) in [6.45, 7) is 0.628. The minimum Gasteiger partial charge on any atom is -0.351 e. The second-order valence-electron chi connectivity index (χ2n) is 2.73. The van der Waals surface area contributed by atoms with Crippen LogP contribution >= 0.6 is 24.0 Å². The van der Waals surface area contributed by atoms with E-state index in [2.05, 4.69) is 23.9 Å². The van der Waals surface area contributed by atoms with Crippen LogP contribution in [0.15, 0.2) is 16.3 Å². The van der Waals surface area contributed by atoms with E-state index in [1.54, 1.807) is 6.07 Å². The lowest BCUT2D eigenvalue weighted by molar-refractivity contribution is 0.0957. The number of thiol groups is 1. The SMILES string of the molecule is C#CCCCNC(=O)c1cc(S)cs1. The number of rotatable bonds is 4. The Kier molecular flexibility index (Phi) is 4.57. The van der Waals surface area contributed by atoms with Gasteiger partial charge < -0.3 is 5.32 Å². The lowest BCUT2D eigenvalue weighted by Crippen LogP contribution is -2.23. The monoisotopic (exact) mass is 225 g/mol. The molecular formula is C10H11NOS2. The van der Waals surface area contributed by atoms with Crippen molar-refractivity contribution in [1.29, 1.82) is 0 Å². The molecule has 14 heavy (non-hydrogen) atoms. The first-order valence-electron chi connectivity index (χ1n) is 4.23. The molecule has 0 aliphatic carbocycles. The Hall–Kier alpha value is -0.920. The second kappa shape index (κ2) is 5.74. The van der Waals surface area contributed by atoms with E-state index in [0.717, 1.165) is 11.3 Å². The van der Waals surface area contributed by atoms with Gasteiger partial charge in [-0.25, -0.2) is 0 Å². The van der Waals surface area contributed by atoms with E-state index in [1.807, 2.05) is 5.38 Å². The van der Waals surface area contributed by atoms with Crippen molar-refractivity contribution < 1.29 is 4.79 Å². The molecule has 0 saturated carbocycles. The number of thiophene rings is 1. The van der Waals surface area contributed by atoms with Crippen LogP contribution in [0, 0.1) is 12.3 Å². The van der Waals surface area contributed by atoms with Crippen molar-refractivity contribution in [2.75, 3.05) is 6.54 Å². The molecule has 1 N–H and O–H groups in total. The quantitative estimate of drug-likeness (QED) is 0.459. The Labute approximate surface area is 93.1 Å². The van der Waals surface area contributed by atoms with Gasteiger partial charge in [-0.2, -0.15) is 0 Å². The van der Waals surface area contributed by atoms with E-state index >= 15 is 0 Å². The molecule has 2 nitrogen and oxygen atoms in total. The van der Waals surface area contributed by atoms with Gasteiger partial charge in [0.25, 0.3) is 5.91 Å². The fourth-order valence-corrected chi connectivity index (χ4v) is 1.99. The van der Waals surface area contributed by atoms with E-state index < -0.39 is 0 Å². The summed E-state index contributed by atoms with van der Waals surface area (Å²) >= 11 is 5.52. The summed E-state index contributed by atoms with van der Waals surface area (Å²) in [5.74, 6) is 2.48. The highest BCUT2D eigenvalue weighted by molar-refractivity contribution is 7.80. The number of carbonyl (C=O) groups is 1. The van der Waals surface area contributed by atoms with Crippen LogP contribution in [0.2, 0.25) is 0 Å². The molecule has 0 spiro atoms. The zero-order valence-corrected chi connectivity index (χ0v) is 9.33. The van der Waals surface area contributed by atoms with Crippen LogP contribution in [0.25, 0.3) is 0 Å². The summed E-state index contributed by atoms with van der Waals surface area (Å²) < 4.78 is 0. The number of terminal acetylenes is 1. The molecule has 0 radical (unpaired) electrons.